The summed E-state index contributed by atoms with van der Waals surface area (Å²) in [6, 6.07) is 11.1. The number of hydrogen-bond acceptors (Lipinski definition) is 4. The summed E-state index contributed by atoms with van der Waals surface area (Å²) in [6.07, 6.45) is 5.25. The second-order valence-corrected chi connectivity index (χ2v) is 11.0. The maximum absolute atomic E-state index is 13.1. The molecule has 0 bridgehead atoms. The van der Waals surface area contributed by atoms with Crippen molar-refractivity contribution in [3.8, 4) is 0 Å². The molecule has 2 aromatic carbocycles. The van der Waals surface area contributed by atoms with Gasteiger partial charge in [0.2, 0.25) is 10.0 Å². The van der Waals surface area contributed by atoms with E-state index >= 15 is 0 Å². The molecule has 5 nitrogen and oxygen atoms in total. The van der Waals surface area contributed by atoms with Crippen molar-refractivity contribution in [3.63, 3.8) is 0 Å². The topological polar surface area (TPSA) is 68.2 Å². The van der Waals surface area contributed by atoms with Gasteiger partial charge in [-0.25, -0.2) is 13.1 Å². The predicted octanol–water partition coefficient (Wildman–Crippen LogP) is 4.95. The molecule has 0 saturated heterocycles. The molecule has 0 radical (unpaired) electrons. The Hall–Kier alpha value is -1.96. The molecule has 0 amide bonds. The van der Waals surface area contributed by atoms with Crippen LogP contribution in [0.1, 0.15) is 68.8 Å². The highest BCUT2D eigenvalue weighted by atomic mass is 32.2. The molecule has 1 aliphatic rings. The summed E-state index contributed by atoms with van der Waals surface area (Å²) in [4.78, 5) is 12.4. The van der Waals surface area contributed by atoms with E-state index in [-0.39, 0.29) is 21.9 Å². The summed E-state index contributed by atoms with van der Waals surface area (Å²) in [7, 11) is -3.71. The Bertz CT molecular complexity index is 1240. The fourth-order valence-corrected chi connectivity index (χ4v) is 6.75. The van der Waals surface area contributed by atoms with E-state index in [0.717, 1.165) is 35.3 Å². The lowest BCUT2D eigenvalue weighted by molar-refractivity contribution is 0.549. The molecule has 1 aromatic heterocycles. The molecule has 1 heterocycles. The molecule has 0 aliphatic heterocycles. The second-order valence-electron chi connectivity index (χ2n) is 8.28. The zero-order valence-corrected chi connectivity index (χ0v) is 19.3. The number of nitrogens with zero attached hydrogens (tertiary/aromatic N) is 1. The van der Waals surface area contributed by atoms with Gasteiger partial charge >= 0.3 is 4.87 Å². The summed E-state index contributed by atoms with van der Waals surface area (Å²) >= 11 is 1.09. The van der Waals surface area contributed by atoms with E-state index in [9.17, 15) is 13.2 Å². The summed E-state index contributed by atoms with van der Waals surface area (Å²) in [5.41, 5.74) is 4.52. The van der Waals surface area contributed by atoms with Gasteiger partial charge in [-0.3, -0.25) is 9.36 Å². The zero-order chi connectivity index (χ0) is 21.5. The quantitative estimate of drug-likeness (QED) is 0.585. The molecule has 1 atom stereocenters. The summed E-state index contributed by atoms with van der Waals surface area (Å²) < 4.78 is 31.6. The summed E-state index contributed by atoms with van der Waals surface area (Å²) in [5.74, 6) is 0. The summed E-state index contributed by atoms with van der Waals surface area (Å²) in [6.45, 7) is 5.89. The van der Waals surface area contributed by atoms with Crippen LogP contribution in [0.5, 0.6) is 0 Å². The van der Waals surface area contributed by atoms with E-state index in [1.807, 2.05) is 20.8 Å². The van der Waals surface area contributed by atoms with Crippen molar-refractivity contribution in [2.24, 2.45) is 0 Å². The molecule has 1 aliphatic carbocycles. The Kier molecular flexibility index (Phi) is 5.88. The lowest BCUT2D eigenvalue weighted by Crippen LogP contribution is -2.28. The minimum absolute atomic E-state index is 0.0281. The molecule has 7 heteroatoms. The molecule has 0 fully saturated rings. The van der Waals surface area contributed by atoms with Gasteiger partial charge in [0.05, 0.1) is 15.1 Å². The molecule has 30 heavy (non-hydrogen) atoms. The van der Waals surface area contributed by atoms with Crippen LogP contribution in [-0.2, 0) is 22.9 Å². The van der Waals surface area contributed by atoms with E-state index in [2.05, 4.69) is 22.9 Å². The van der Waals surface area contributed by atoms with Crippen molar-refractivity contribution in [2.75, 3.05) is 0 Å². The van der Waals surface area contributed by atoms with Crippen molar-refractivity contribution < 1.29 is 8.42 Å². The normalized spacial score (nSPS) is 15.5. The third-order valence-corrected chi connectivity index (χ3v) is 8.28. The Morgan fingerprint density at radius 2 is 1.80 bits per heavy atom. The Balaban J connectivity index is 1.65. The van der Waals surface area contributed by atoms with E-state index in [1.165, 1.54) is 24.0 Å². The Morgan fingerprint density at radius 3 is 2.50 bits per heavy atom. The number of thiazole rings is 1. The van der Waals surface area contributed by atoms with Crippen LogP contribution >= 0.6 is 11.3 Å². The van der Waals surface area contributed by atoms with Crippen molar-refractivity contribution in [2.45, 2.75) is 69.9 Å². The van der Waals surface area contributed by atoms with Crippen molar-refractivity contribution in [1.82, 2.24) is 9.29 Å². The third-order valence-electron chi connectivity index (χ3n) is 5.89. The number of fused-ring (bicyclic) bond motifs is 2. The average Bonchev–Trinajstić information content (AvgIpc) is 3.06. The molecule has 0 saturated carbocycles. The first-order valence-electron chi connectivity index (χ1n) is 10.6. The van der Waals surface area contributed by atoms with Gasteiger partial charge in [0.15, 0.2) is 0 Å². The van der Waals surface area contributed by atoms with Gasteiger partial charge in [-0.15, -0.1) is 0 Å². The van der Waals surface area contributed by atoms with Crippen LogP contribution in [0.4, 0.5) is 0 Å². The fourth-order valence-electron chi connectivity index (χ4n) is 4.29. The van der Waals surface area contributed by atoms with Gasteiger partial charge in [0.1, 0.15) is 0 Å². The molecule has 4 rings (SSSR count). The fraction of sp³-hybridized carbons (Fsp3) is 0.435. The van der Waals surface area contributed by atoms with Crippen LogP contribution in [0, 0.1) is 0 Å². The van der Waals surface area contributed by atoms with Gasteiger partial charge in [0, 0.05) is 12.1 Å². The first-order chi connectivity index (χ1) is 14.3. The highest BCUT2D eigenvalue weighted by Crippen LogP contribution is 2.28. The van der Waals surface area contributed by atoms with Gasteiger partial charge in [-0.2, -0.15) is 0 Å². The lowest BCUT2D eigenvalue weighted by Gasteiger charge is -2.21. The van der Waals surface area contributed by atoms with Gasteiger partial charge in [-0.05, 0) is 80.8 Å². The minimum atomic E-state index is -3.71. The van der Waals surface area contributed by atoms with Gasteiger partial charge in [-0.1, -0.05) is 36.5 Å². The number of aryl methyl sites for hydroxylation is 2. The number of rotatable bonds is 6. The molecule has 3 aromatic rings. The number of aromatic nitrogens is 1. The first-order valence-corrected chi connectivity index (χ1v) is 12.9. The van der Waals surface area contributed by atoms with Crippen LogP contribution in [-0.4, -0.2) is 13.0 Å². The SMILES string of the molecule is CCC(NS(=O)(=O)c1ccc2c(c1)sc(=O)n2C(C)C)c1ccc2c(c1)CCCC2. The Morgan fingerprint density at radius 1 is 1.07 bits per heavy atom. The second kappa shape index (κ2) is 8.29. The zero-order valence-electron chi connectivity index (χ0n) is 17.6. The van der Waals surface area contributed by atoms with Crippen LogP contribution in [0.3, 0.4) is 0 Å². The van der Waals surface area contributed by atoms with Crippen molar-refractivity contribution in [3.05, 3.63) is 62.8 Å². The van der Waals surface area contributed by atoms with E-state index in [1.54, 1.807) is 22.8 Å². The summed E-state index contributed by atoms with van der Waals surface area (Å²) in [5, 5.41) is 0. The van der Waals surface area contributed by atoms with E-state index in [4.69, 9.17) is 0 Å². The molecule has 0 spiro atoms. The van der Waals surface area contributed by atoms with Crippen LogP contribution < -0.4 is 9.60 Å². The maximum Gasteiger partial charge on any atom is 0.308 e. The van der Waals surface area contributed by atoms with Crippen LogP contribution in [0.15, 0.2) is 46.1 Å². The largest absolute Gasteiger partial charge is 0.308 e. The molecule has 1 N–H and O–H groups in total. The molecular formula is C23H28N2O3S2. The average molecular weight is 445 g/mol. The standard InChI is InChI=1S/C23H28N2O3S2/c1-4-20(18-10-9-16-7-5-6-8-17(16)13-18)24-30(27,28)19-11-12-21-22(14-19)29-23(26)25(21)15(2)3/h9-15,20,24H,4-8H2,1-3H3. The monoisotopic (exact) mass is 444 g/mol. The van der Waals surface area contributed by atoms with Crippen LogP contribution in [0.25, 0.3) is 10.2 Å². The van der Waals surface area contributed by atoms with E-state index < -0.39 is 10.0 Å². The van der Waals surface area contributed by atoms with Gasteiger partial charge < -0.3 is 0 Å². The number of sulfonamides is 1. The predicted molar refractivity (Wildman–Crippen MR) is 123 cm³/mol. The maximum atomic E-state index is 13.1. The van der Waals surface area contributed by atoms with Crippen molar-refractivity contribution >= 4 is 31.6 Å². The molecule has 160 valence electrons. The van der Waals surface area contributed by atoms with Crippen LogP contribution in [0.2, 0.25) is 0 Å². The first kappa shape index (κ1) is 21.3. The lowest BCUT2D eigenvalue weighted by atomic mass is 9.89. The smallest absolute Gasteiger partial charge is 0.296 e. The molecular weight excluding hydrogens is 416 g/mol. The number of benzene rings is 2. The number of nitrogens with one attached hydrogen (secondary N) is 1. The minimum Gasteiger partial charge on any atom is -0.296 e. The third kappa shape index (κ3) is 3.98. The van der Waals surface area contributed by atoms with E-state index in [0.29, 0.717) is 11.1 Å². The molecule has 1 unspecified atom stereocenters. The van der Waals surface area contributed by atoms with Gasteiger partial charge in [0.25, 0.3) is 0 Å². The Labute approximate surface area is 181 Å². The number of hydrogen-bond donors (Lipinski definition) is 1. The van der Waals surface area contributed by atoms with Crippen molar-refractivity contribution in [1.29, 1.82) is 0 Å². The highest BCUT2D eigenvalue weighted by molar-refractivity contribution is 7.89. The highest BCUT2D eigenvalue weighted by Gasteiger charge is 2.23.